The topological polar surface area (TPSA) is 123 Å². The molecule has 9 nitrogen and oxygen atoms in total. The average molecular weight is 605 g/mol. The molecule has 13 heteroatoms. The summed E-state index contributed by atoms with van der Waals surface area (Å²) in [5.41, 5.74) is -1.15. The Bertz CT molecular complexity index is 1110. The Kier molecular flexibility index (Phi) is 7.92. The number of amides is 1. The van der Waals surface area contributed by atoms with E-state index in [1.165, 1.54) is 29.8 Å². The summed E-state index contributed by atoms with van der Waals surface area (Å²) in [6.45, 7) is 1.50. The fourth-order valence-electron chi connectivity index (χ4n) is 2.93. The molecular weight excluding hydrogens is 587 g/mol. The predicted molar refractivity (Wildman–Crippen MR) is 123 cm³/mol. The van der Waals surface area contributed by atoms with Gasteiger partial charge < -0.3 is 19.9 Å². The highest BCUT2D eigenvalue weighted by Gasteiger charge is 2.36. The maximum absolute atomic E-state index is 12.4. The Hall–Kier alpha value is -1.31. The number of nitrogens with zero attached hydrogens (tertiary/aromatic N) is 1. The lowest BCUT2D eigenvalue weighted by atomic mass is 10.2. The third-order valence-electron chi connectivity index (χ3n) is 4.56. The number of halogens is 4. The number of hydrogen-bond donors (Lipinski definition) is 3. The first kappa shape index (κ1) is 24.3. The molecule has 1 aromatic heterocycles. The van der Waals surface area contributed by atoms with Crippen LogP contribution in [0, 0.1) is 3.57 Å². The van der Waals surface area contributed by atoms with Crippen molar-refractivity contribution in [1.82, 2.24) is 14.9 Å². The molecular formula is C18H17Cl3IN3O6. The minimum atomic E-state index is -0.928. The lowest BCUT2D eigenvalue weighted by Crippen LogP contribution is -2.42. The van der Waals surface area contributed by atoms with Gasteiger partial charge in [-0.25, -0.2) is 4.79 Å². The molecule has 0 bridgehead atoms. The van der Waals surface area contributed by atoms with Crippen LogP contribution in [0.1, 0.15) is 19.6 Å². The van der Waals surface area contributed by atoms with Crippen molar-refractivity contribution in [3.05, 3.63) is 57.8 Å². The minimum Gasteiger partial charge on any atom is -0.479 e. The zero-order valence-corrected chi connectivity index (χ0v) is 20.3. The van der Waals surface area contributed by atoms with Crippen molar-refractivity contribution in [3.63, 3.8) is 0 Å². The van der Waals surface area contributed by atoms with Crippen molar-refractivity contribution >= 4 is 63.3 Å². The molecule has 1 fully saturated rings. The molecule has 3 N–H and O–H groups in total. The van der Waals surface area contributed by atoms with Crippen LogP contribution in [0.15, 0.2) is 27.9 Å². The zero-order valence-electron chi connectivity index (χ0n) is 15.9. The standard InChI is InChI=1S/C18H17Cl3IN3O6/c1-7(30-13-3-9(20)8(19)2-10(13)21)16(27)23-5-14-12(26)4-15(31-14)25-6-11(22)17(28)24-18(25)29/h2-3,6-7,12,14-15,26H,4-5H2,1H3,(H,23,27)(H,24,28,29)/t7-,12?,14-,15-/m0/s1. The molecule has 4 atom stereocenters. The molecule has 1 saturated heterocycles. The van der Waals surface area contributed by atoms with Crippen molar-refractivity contribution in [2.45, 2.75) is 37.9 Å². The van der Waals surface area contributed by atoms with Crippen LogP contribution in [-0.4, -0.2) is 45.4 Å². The van der Waals surface area contributed by atoms with Gasteiger partial charge in [-0.2, -0.15) is 0 Å². The first-order chi connectivity index (χ1) is 14.6. The molecule has 1 aliphatic heterocycles. The van der Waals surface area contributed by atoms with E-state index in [0.717, 1.165) is 0 Å². The van der Waals surface area contributed by atoms with Gasteiger partial charge in [0.2, 0.25) is 0 Å². The van der Waals surface area contributed by atoms with Crippen molar-refractivity contribution in [3.8, 4) is 5.75 Å². The van der Waals surface area contributed by atoms with Crippen molar-refractivity contribution < 1.29 is 19.4 Å². The lowest BCUT2D eigenvalue weighted by Gasteiger charge is -2.19. The zero-order chi connectivity index (χ0) is 22.9. The molecule has 1 amide bonds. The summed E-state index contributed by atoms with van der Waals surface area (Å²) in [4.78, 5) is 38.1. The summed E-state index contributed by atoms with van der Waals surface area (Å²) in [6.07, 6.45) is -1.91. The molecule has 1 aromatic carbocycles. The Morgan fingerprint density at radius 1 is 1.35 bits per heavy atom. The van der Waals surface area contributed by atoms with Crippen LogP contribution in [-0.2, 0) is 9.53 Å². The largest absolute Gasteiger partial charge is 0.479 e. The van der Waals surface area contributed by atoms with Gasteiger partial charge in [-0.3, -0.25) is 19.1 Å². The number of aliphatic hydroxyl groups is 1. The maximum Gasteiger partial charge on any atom is 0.330 e. The number of H-pyrrole nitrogens is 1. The second-order valence-corrected chi connectivity index (χ2v) is 9.16. The third kappa shape index (κ3) is 5.74. The summed E-state index contributed by atoms with van der Waals surface area (Å²) in [5.74, 6) is -0.278. The van der Waals surface area contributed by atoms with E-state index in [9.17, 15) is 19.5 Å². The number of aliphatic hydroxyl groups excluding tert-OH is 1. The highest BCUT2D eigenvalue weighted by Crippen LogP contribution is 2.34. The Morgan fingerprint density at radius 2 is 2.03 bits per heavy atom. The van der Waals surface area contributed by atoms with Gasteiger partial charge in [0.25, 0.3) is 11.5 Å². The quantitative estimate of drug-likeness (QED) is 0.344. The van der Waals surface area contributed by atoms with E-state index in [4.69, 9.17) is 44.3 Å². The van der Waals surface area contributed by atoms with Crippen LogP contribution in [0.2, 0.25) is 15.1 Å². The highest BCUT2D eigenvalue weighted by molar-refractivity contribution is 14.1. The SMILES string of the molecule is C[C@H](Oc1cc(Cl)c(Cl)cc1Cl)C(=O)NC[C@@H]1O[C@H](n2cc(I)c(=O)[nH]c2=O)CC1O. The van der Waals surface area contributed by atoms with E-state index in [0.29, 0.717) is 3.57 Å². The van der Waals surface area contributed by atoms with Crippen LogP contribution in [0.4, 0.5) is 0 Å². The van der Waals surface area contributed by atoms with Gasteiger partial charge in [0.05, 0.1) is 24.7 Å². The summed E-state index contributed by atoms with van der Waals surface area (Å²) in [6, 6.07) is 2.82. The van der Waals surface area contributed by atoms with Crippen molar-refractivity contribution in [2.24, 2.45) is 0 Å². The monoisotopic (exact) mass is 603 g/mol. The van der Waals surface area contributed by atoms with Gasteiger partial charge in [-0.1, -0.05) is 34.8 Å². The summed E-state index contributed by atoms with van der Waals surface area (Å²) in [7, 11) is 0. The van der Waals surface area contributed by atoms with E-state index in [-0.39, 0.29) is 33.8 Å². The molecule has 1 aliphatic rings. The normalized spacial score (nSPS) is 21.7. The molecule has 1 unspecified atom stereocenters. The average Bonchev–Trinajstić information content (AvgIpc) is 3.07. The second kappa shape index (κ2) is 10.1. The number of aromatic nitrogens is 2. The van der Waals surface area contributed by atoms with Crippen LogP contribution >= 0.6 is 57.4 Å². The fourth-order valence-corrected chi connectivity index (χ4v) is 3.94. The Morgan fingerprint density at radius 3 is 2.74 bits per heavy atom. The Labute approximate surface area is 204 Å². The van der Waals surface area contributed by atoms with Gasteiger partial charge in [0.1, 0.15) is 18.1 Å². The molecule has 168 valence electrons. The number of carbonyl (C=O) groups is 1. The molecule has 2 aromatic rings. The van der Waals surface area contributed by atoms with Gasteiger partial charge in [0, 0.05) is 25.2 Å². The van der Waals surface area contributed by atoms with Crippen LogP contribution < -0.4 is 21.3 Å². The number of hydrogen-bond acceptors (Lipinski definition) is 6. The van der Waals surface area contributed by atoms with E-state index in [1.54, 1.807) is 22.6 Å². The molecule has 31 heavy (non-hydrogen) atoms. The first-order valence-corrected chi connectivity index (χ1v) is 11.2. The number of benzene rings is 1. The molecule has 0 spiro atoms. The molecule has 3 rings (SSSR count). The molecule has 2 heterocycles. The van der Waals surface area contributed by atoms with E-state index >= 15 is 0 Å². The van der Waals surface area contributed by atoms with Crippen LogP contribution in [0.3, 0.4) is 0 Å². The highest BCUT2D eigenvalue weighted by atomic mass is 127. The van der Waals surface area contributed by atoms with E-state index in [2.05, 4.69) is 10.3 Å². The van der Waals surface area contributed by atoms with Crippen LogP contribution in [0.25, 0.3) is 0 Å². The predicted octanol–water partition coefficient (Wildman–Crippen LogP) is 2.33. The van der Waals surface area contributed by atoms with E-state index in [1.807, 2.05) is 0 Å². The molecule has 0 radical (unpaired) electrons. The number of ether oxygens (including phenoxy) is 2. The van der Waals surface area contributed by atoms with Crippen molar-refractivity contribution in [1.29, 1.82) is 0 Å². The Balaban J connectivity index is 1.59. The number of rotatable bonds is 6. The molecule has 0 aliphatic carbocycles. The number of aromatic amines is 1. The minimum absolute atomic E-state index is 0.0193. The van der Waals surface area contributed by atoms with Crippen molar-refractivity contribution in [2.75, 3.05) is 6.54 Å². The smallest absolute Gasteiger partial charge is 0.330 e. The summed E-state index contributed by atoms with van der Waals surface area (Å²) in [5, 5.41) is 13.6. The van der Waals surface area contributed by atoms with Crippen LogP contribution in [0.5, 0.6) is 5.75 Å². The fraction of sp³-hybridized carbons (Fsp3) is 0.389. The first-order valence-electron chi connectivity index (χ1n) is 9.00. The lowest BCUT2D eigenvalue weighted by molar-refractivity contribution is -0.128. The number of nitrogens with one attached hydrogen (secondary N) is 2. The molecule has 0 saturated carbocycles. The van der Waals surface area contributed by atoms with E-state index < -0.39 is 41.7 Å². The third-order valence-corrected chi connectivity index (χ3v) is 6.35. The summed E-state index contributed by atoms with van der Waals surface area (Å²) >= 11 is 19.7. The summed E-state index contributed by atoms with van der Waals surface area (Å²) < 4.78 is 12.8. The van der Waals surface area contributed by atoms with Gasteiger partial charge >= 0.3 is 5.69 Å². The second-order valence-electron chi connectivity index (χ2n) is 6.78. The van der Waals surface area contributed by atoms with Gasteiger partial charge in [-0.15, -0.1) is 0 Å². The maximum atomic E-state index is 12.4. The van der Waals surface area contributed by atoms with Gasteiger partial charge in [-0.05, 0) is 35.6 Å². The number of carbonyl (C=O) groups excluding carboxylic acids is 1. The van der Waals surface area contributed by atoms with Gasteiger partial charge in [0.15, 0.2) is 6.10 Å².